The Labute approximate surface area is 221 Å². The van der Waals surface area contributed by atoms with Gasteiger partial charge in [-0.1, -0.05) is 23.2 Å². The lowest BCUT2D eigenvalue weighted by Crippen LogP contribution is -2.45. The highest BCUT2D eigenvalue weighted by Crippen LogP contribution is 2.29. The van der Waals surface area contributed by atoms with E-state index in [9.17, 15) is 4.79 Å². The third kappa shape index (κ3) is 8.37. The Morgan fingerprint density at radius 2 is 2.03 bits per heavy atom. The van der Waals surface area contributed by atoms with E-state index in [0.717, 1.165) is 17.8 Å². The van der Waals surface area contributed by atoms with Gasteiger partial charge in [0.2, 0.25) is 0 Å². The van der Waals surface area contributed by atoms with Crippen LogP contribution in [0.5, 0.6) is 11.5 Å². The normalized spacial score (nSPS) is 15.5. The van der Waals surface area contributed by atoms with Crippen molar-refractivity contribution >= 4 is 40.7 Å². The lowest BCUT2D eigenvalue weighted by molar-refractivity contribution is -0.141. The van der Waals surface area contributed by atoms with Crippen molar-refractivity contribution < 1.29 is 23.7 Å². The van der Waals surface area contributed by atoms with Crippen LogP contribution < -0.4 is 14.8 Å². The first-order valence-electron chi connectivity index (χ1n) is 11.4. The van der Waals surface area contributed by atoms with E-state index in [4.69, 9.17) is 42.1 Å². The summed E-state index contributed by atoms with van der Waals surface area (Å²) in [4.78, 5) is 22.2. The van der Waals surface area contributed by atoms with Crippen molar-refractivity contribution in [3.05, 3.63) is 58.5 Å². The number of methoxy groups -OCH3 is 2. The summed E-state index contributed by atoms with van der Waals surface area (Å²) in [6, 6.07) is 8.77. The Morgan fingerprint density at radius 3 is 2.78 bits per heavy atom. The molecule has 9 nitrogen and oxygen atoms in total. The fourth-order valence-electron chi connectivity index (χ4n) is 3.50. The predicted molar refractivity (Wildman–Crippen MR) is 139 cm³/mol. The number of carbonyl (C=O) groups excluding carboxylic acids is 1. The largest absolute Gasteiger partial charge is 0.493 e. The minimum atomic E-state index is -0.227. The SMILES string of the molecule is COC(=O)CCN1CCOC(COc2ccncnc(Nc3ccc(Cl)c(Cl)c3)c(C)cc2OC)C1. The zero-order valence-corrected chi connectivity index (χ0v) is 22.0. The van der Waals surface area contributed by atoms with Gasteiger partial charge in [-0.2, -0.15) is 0 Å². The molecule has 0 spiro atoms. The zero-order valence-electron chi connectivity index (χ0n) is 20.5. The van der Waals surface area contributed by atoms with Gasteiger partial charge in [-0.15, -0.1) is 0 Å². The number of hydrogen-bond donors (Lipinski definition) is 1. The van der Waals surface area contributed by atoms with E-state index in [1.807, 2.05) is 13.0 Å². The minimum absolute atomic E-state index is 0.159. The molecule has 1 atom stereocenters. The maximum absolute atomic E-state index is 11.5. The summed E-state index contributed by atoms with van der Waals surface area (Å²) in [6.45, 7) is 4.77. The molecule has 1 aromatic carbocycles. The summed E-state index contributed by atoms with van der Waals surface area (Å²) >= 11 is 12.2. The monoisotopic (exact) mass is 536 g/mol. The van der Waals surface area contributed by atoms with Gasteiger partial charge in [-0.05, 0) is 36.8 Å². The van der Waals surface area contributed by atoms with Crippen molar-refractivity contribution in [3.8, 4) is 11.5 Å². The van der Waals surface area contributed by atoms with Gasteiger partial charge in [0.25, 0.3) is 0 Å². The fourth-order valence-corrected chi connectivity index (χ4v) is 3.80. The van der Waals surface area contributed by atoms with Gasteiger partial charge in [-0.3, -0.25) is 9.69 Å². The van der Waals surface area contributed by atoms with Gasteiger partial charge in [0, 0.05) is 37.6 Å². The van der Waals surface area contributed by atoms with Crippen LogP contribution in [-0.4, -0.2) is 74.0 Å². The Kier molecular flexibility index (Phi) is 10.8. The molecule has 0 saturated carbocycles. The number of morpholine rings is 1. The molecule has 0 bridgehead atoms. The second-order valence-corrected chi connectivity index (χ2v) is 8.82. The summed E-state index contributed by atoms with van der Waals surface area (Å²) in [7, 11) is 2.96. The second-order valence-electron chi connectivity index (χ2n) is 8.00. The van der Waals surface area contributed by atoms with Crippen LogP contribution in [0.25, 0.3) is 0 Å². The number of carbonyl (C=O) groups is 1. The quantitative estimate of drug-likeness (QED) is 0.460. The number of rotatable bonds is 9. The standard InChI is InChI=1S/C25H30Cl2N4O5/c1-17-12-23(33-2)22(36-15-19-14-31(10-11-35-19)9-7-24(32)34-3)6-8-28-16-29-25(17)30-18-4-5-20(26)21(27)13-18/h4-6,8,12-13,16,19H,7,9-11,14-15H2,1-3H3,(H,28,29,30). The third-order valence-corrected chi connectivity index (χ3v) is 6.18. The first-order valence-corrected chi connectivity index (χ1v) is 12.1. The van der Waals surface area contributed by atoms with Crippen molar-refractivity contribution in [2.24, 2.45) is 0 Å². The predicted octanol–water partition coefficient (Wildman–Crippen LogP) is 4.61. The molecule has 0 radical (unpaired) electrons. The minimum Gasteiger partial charge on any atom is -0.493 e. The van der Waals surface area contributed by atoms with Crippen molar-refractivity contribution in [3.63, 3.8) is 0 Å². The number of benzene rings is 1. The third-order valence-electron chi connectivity index (χ3n) is 5.44. The van der Waals surface area contributed by atoms with Crippen LogP contribution in [-0.2, 0) is 14.3 Å². The number of ether oxygens (including phenoxy) is 4. The summed E-state index contributed by atoms with van der Waals surface area (Å²) in [6.07, 6.45) is 3.20. The first kappa shape index (κ1) is 27.7. The summed E-state index contributed by atoms with van der Waals surface area (Å²) < 4.78 is 22.3. The van der Waals surface area contributed by atoms with Gasteiger partial charge in [-0.25, -0.2) is 9.97 Å². The van der Waals surface area contributed by atoms with E-state index in [1.54, 1.807) is 37.6 Å². The molecule has 2 aromatic rings. The number of hydrogen-bond acceptors (Lipinski definition) is 9. The van der Waals surface area contributed by atoms with Crippen LogP contribution in [0.4, 0.5) is 11.5 Å². The number of esters is 1. The van der Waals surface area contributed by atoms with Gasteiger partial charge in [0.15, 0.2) is 11.5 Å². The number of anilines is 2. The van der Waals surface area contributed by atoms with Crippen LogP contribution in [0.3, 0.4) is 0 Å². The van der Waals surface area contributed by atoms with E-state index >= 15 is 0 Å². The Bertz CT molecular complexity index is 1100. The molecule has 1 saturated heterocycles. The molecule has 0 amide bonds. The molecular weight excluding hydrogens is 507 g/mol. The molecule has 1 aliphatic rings. The first-order chi connectivity index (χ1) is 17.4. The molecular formula is C25H30Cl2N4O5. The number of aryl methyl sites for hydroxylation is 1. The molecule has 2 heterocycles. The number of nitrogens with zero attached hydrogens (tertiary/aromatic N) is 3. The van der Waals surface area contributed by atoms with Crippen molar-refractivity contribution in [2.75, 3.05) is 52.4 Å². The van der Waals surface area contributed by atoms with Crippen LogP contribution in [0.2, 0.25) is 10.0 Å². The fraction of sp³-hybridized carbons (Fsp3) is 0.400. The van der Waals surface area contributed by atoms with E-state index < -0.39 is 0 Å². The average Bonchev–Trinajstić information content (AvgIpc) is 2.88. The molecule has 1 aromatic heterocycles. The maximum atomic E-state index is 11.5. The number of halogens is 2. The van der Waals surface area contributed by atoms with Crippen LogP contribution in [0, 0.1) is 6.92 Å². The molecule has 194 valence electrons. The van der Waals surface area contributed by atoms with Crippen LogP contribution in [0.15, 0.2) is 42.9 Å². The highest BCUT2D eigenvalue weighted by atomic mass is 35.5. The lowest BCUT2D eigenvalue weighted by atomic mass is 10.2. The highest BCUT2D eigenvalue weighted by Gasteiger charge is 2.22. The van der Waals surface area contributed by atoms with E-state index in [0.29, 0.717) is 60.1 Å². The molecule has 1 aliphatic heterocycles. The van der Waals surface area contributed by atoms with Crippen molar-refractivity contribution in [1.82, 2.24) is 14.9 Å². The Balaban J connectivity index is 1.76. The van der Waals surface area contributed by atoms with E-state index in [1.165, 1.54) is 13.4 Å². The maximum Gasteiger partial charge on any atom is 0.306 e. The second kappa shape index (κ2) is 14.0. The summed E-state index contributed by atoms with van der Waals surface area (Å²) in [5.74, 6) is 1.33. The molecule has 1 unspecified atom stereocenters. The zero-order chi connectivity index (χ0) is 25.9. The average molecular weight is 537 g/mol. The van der Waals surface area contributed by atoms with E-state index in [2.05, 4.69) is 20.2 Å². The van der Waals surface area contributed by atoms with Gasteiger partial charge in [0.05, 0.1) is 37.3 Å². The molecule has 1 fully saturated rings. The Morgan fingerprint density at radius 1 is 1.19 bits per heavy atom. The topological polar surface area (TPSA) is 95.0 Å². The summed E-state index contributed by atoms with van der Waals surface area (Å²) in [5, 5.41) is 4.13. The lowest BCUT2D eigenvalue weighted by Gasteiger charge is -2.32. The van der Waals surface area contributed by atoms with Gasteiger partial charge in [0.1, 0.15) is 24.9 Å². The highest BCUT2D eigenvalue weighted by molar-refractivity contribution is 6.42. The van der Waals surface area contributed by atoms with Crippen LogP contribution >= 0.6 is 23.2 Å². The molecule has 3 rings (SSSR count). The molecule has 36 heavy (non-hydrogen) atoms. The number of aromatic nitrogens is 2. The van der Waals surface area contributed by atoms with Gasteiger partial charge < -0.3 is 24.3 Å². The smallest absolute Gasteiger partial charge is 0.306 e. The molecule has 0 aliphatic carbocycles. The number of nitrogens with one attached hydrogen (secondary N) is 1. The van der Waals surface area contributed by atoms with E-state index in [-0.39, 0.29) is 12.1 Å². The van der Waals surface area contributed by atoms with Crippen molar-refractivity contribution in [2.45, 2.75) is 19.4 Å². The van der Waals surface area contributed by atoms with Gasteiger partial charge >= 0.3 is 5.97 Å². The summed E-state index contributed by atoms with van der Waals surface area (Å²) in [5.41, 5.74) is 1.51. The van der Waals surface area contributed by atoms with Crippen molar-refractivity contribution in [1.29, 1.82) is 0 Å². The Hall–Kier alpha value is -2.85. The molecule has 1 N–H and O–H groups in total. The molecule has 11 heteroatoms. The van der Waals surface area contributed by atoms with Crippen LogP contribution in [0.1, 0.15) is 12.0 Å².